The van der Waals surface area contributed by atoms with Crippen LogP contribution in [0, 0.1) is 12.3 Å². The SMILES string of the molecule is C#Cc1ccc(Cl)cc1/C=C/C(C)=O. The summed E-state index contributed by atoms with van der Waals surface area (Å²) in [7, 11) is 0. The molecule has 0 aliphatic heterocycles. The van der Waals surface area contributed by atoms with Gasteiger partial charge in [-0.1, -0.05) is 23.6 Å². The molecule has 0 aliphatic rings. The molecule has 0 heterocycles. The Labute approximate surface area is 88.4 Å². The van der Waals surface area contributed by atoms with Gasteiger partial charge in [-0.25, -0.2) is 0 Å². The maximum Gasteiger partial charge on any atom is 0.152 e. The van der Waals surface area contributed by atoms with Crippen molar-refractivity contribution >= 4 is 23.5 Å². The maximum atomic E-state index is 10.7. The first-order valence-corrected chi connectivity index (χ1v) is 4.46. The predicted molar refractivity (Wildman–Crippen MR) is 59.1 cm³/mol. The smallest absolute Gasteiger partial charge is 0.152 e. The summed E-state index contributed by atoms with van der Waals surface area (Å²) in [5.74, 6) is 2.50. The van der Waals surface area contributed by atoms with Gasteiger partial charge in [0.1, 0.15) is 0 Å². The first-order chi connectivity index (χ1) is 6.63. The highest BCUT2D eigenvalue weighted by atomic mass is 35.5. The van der Waals surface area contributed by atoms with Gasteiger partial charge in [0, 0.05) is 10.6 Å². The van der Waals surface area contributed by atoms with E-state index >= 15 is 0 Å². The topological polar surface area (TPSA) is 17.1 Å². The van der Waals surface area contributed by atoms with Crippen LogP contribution < -0.4 is 0 Å². The van der Waals surface area contributed by atoms with Gasteiger partial charge in [-0.05, 0) is 36.8 Å². The molecule has 0 aliphatic carbocycles. The molecule has 0 amide bonds. The Morgan fingerprint density at radius 3 is 2.86 bits per heavy atom. The number of terminal acetylenes is 1. The molecule has 0 N–H and O–H groups in total. The predicted octanol–water partition coefficient (Wildman–Crippen LogP) is 2.92. The number of ketones is 1. The molecule has 70 valence electrons. The third-order valence-corrected chi connectivity index (χ3v) is 1.90. The van der Waals surface area contributed by atoms with E-state index in [1.807, 2.05) is 0 Å². The number of carbonyl (C=O) groups is 1. The van der Waals surface area contributed by atoms with Crippen molar-refractivity contribution in [1.82, 2.24) is 0 Å². The van der Waals surface area contributed by atoms with E-state index in [1.165, 1.54) is 13.0 Å². The third kappa shape index (κ3) is 2.76. The van der Waals surface area contributed by atoms with Gasteiger partial charge in [0.25, 0.3) is 0 Å². The molecule has 0 spiro atoms. The number of carbonyl (C=O) groups excluding carboxylic acids is 1. The zero-order valence-electron chi connectivity index (χ0n) is 7.75. The highest BCUT2D eigenvalue weighted by molar-refractivity contribution is 6.30. The van der Waals surface area contributed by atoms with E-state index in [0.29, 0.717) is 5.02 Å². The van der Waals surface area contributed by atoms with Crippen molar-refractivity contribution < 1.29 is 4.79 Å². The minimum atomic E-state index is -0.0204. The Morgan fingerprint density at radius 1 is 1.57 bits per heavy atom. The van der Waals surface area contributed by atoms with Crippen LogP contribution in [0.25, 0.3) is 6.08 Å². The van der Waals surface area contributed by atoms with Crippen LogP contribution >= 0.6 is 11.6 Å². The minimum absolute atomic E-state index is 0.0204. The van der Waals surface area contributed by atoms with Crippen LogP contribution in [0.3, 0.4) is 0 Å². The zero-order valence-corrected chi connectivity index (χ0v) is 8.51. The van der Waals surface area contributed by atoms with Crippen molar-refractivity contribution in [3.8, 4) is 12.3 Å². The van der Waals surface area contributed by atoms with Crippen LogP contribution in [0.4, 0.5) is 0 Å². The molecule has 0 saturated carbocycles. The fourth-order valence-electron chi connectivity index (χ4n) is 1.01. The molecule has 1 aromatic rings. The van der Waals surface area contributed by atoms with Crippen molar-refractivity contribution in [2.75, 3.05) is 0 Å². The monoisotopic (exact) mass is 204 g/mol. The number of halogens is 1. The standard InChI is InChI=1S/C12H9ClO/c1-3-10-6-7-12(13)8-11(10)5-4-9(2)14/h1,4-8H,2H3/b5-4+. The second kappa shape index (κ2) is 4.64. The lowest BCUT2D eigenvalue weighted by atomic mass is 10.1. The molecule has 0 radical (unpaired) electrons. The largest absolute Gasteiger partial charge is 0.295 e. The molecular formula is C12H9ClO. The lowest BCUT2D eigenvalue weighted by Gasteiger charge is -1.98. The van der Waals surface area contributed by atoms with Gasteiger partial charge < -0.3 is 0 Å². The zero-order chi connectivity index (χ0) is 10.6. The highest BCUT2D eigenvalue weighted by Gasteiger charge is 1.97. The summed E-state index contributed by atoms with van der Waals surface area (Å²) < 4.78 is 0. The molecule has 0 aromatic heterocycles. The average Bonchev–Trinajstić information content (AvgIpc) is 2.15. The molecule has 0 fully saturated rings. The van der Waals surface area contributed by atoms with Crippen molar-refractivity contribution in [2.45, 2.75) is 6.92 Å². The highest BCUT2D eigenvalue weighted by Crippen LogP contribution is 2.16. The first kappa shape index (κ1) is 10.6. The summed E-state index contributed by atoms with van der Waals surface area (Å²) in [4.78, 5) is 10.7. The van der Waals surface area contributed by atoms with E-state index in [9.17, 15) is 4.79 Å². The number of benzene rings is 1. The van der Waals surface area contributed by atoms with Crippen LogP contribution in [0.1, 0.15) is 18.1 Å². The van der Waals surface area contributed by atoms with Crippen LogP contribution in [-0.4, -0.2) is 5.78 Å². The number of hydrogen-bond acceptors (Lipinski definition) is 1. The molecule has 1 nitrogen and oxygen atoms in total. The van der Waals surface area contributed by atoms with E-state index < -0.39 is 0 Å². The van der Waals surface area contributed by atoms with Crippen molar-refractivity contribution in [1.29, 1.82) is 0 Å². The van der Waals surface area contributed by atoms with Gasteiger partial charge in [-0.2, -0.15) is 0 Å². The number of rotatable bonds is 2. The summed E-state index contributed by atoms with van der Waals surface area (Å²) >= 11 is 5.80. The third-order valence-electron chi connectivity index (χ3n) is 1.67. The van der Waals surface area contributed by atoms with Crippen LogP contribution in [0.2, 0.25) is 5.02 Å². The maximum absolute atomic E-state index is 10.7. The van der Waals surface area contributed by atoms with Gasteiger partial charge in [-0.3, -0.25) is 4.79 Å². The summed E-state index contributed by atoms with van der Waals surface area (Å²) in [6, 6.07) is 5.21. The lowest BCUT2D eigenvalue weighted by Crippen LogP contribution is -1.84. The Balaban J connectivity index is 3.13. The van der Waals surface area contributed by atoms with E-state index in [4.69, 9.17) is 18.0 Å². The van der Waals surface area contributed by atoms with E-state index in [2.05, 4.69) is 5.92 Å². The molecule has 1 aromatic carbocycles. The summed E-state index contributed by atoms with van der Waals surface area (Å²) in [5.41, 5.74) is 1.52. The number of allylic oxidation sites excluding steroid dienone is 1. The molecule has 1 rings (SSSR count). The van der Waals surface area contributed by atoms with E-state index in [-0.39, 0.29) is 5.78 Å². The lowest BCUT2D eigenvalue weighted by molar-refractivity contribution is -0.112. The molecule has 14 heavy (non-hydrogen) atoms. The number of hydrogen-bond donors (Lipinski definition) is 0. The summed E-state index contributed by atoms with van der Waals surface area (Å²) in [6.45, 7) is 1.48. The van der Waals surface area contributed by atoms with Crippen molar-refractivity contribution in [3.63, 3.8) is 0 Å². The van der Waals surface area contributed by atoms with E-state index in [1.54, 1.807) is 24.3 Å². The summed E-state index contributed by atoms with van der Waals surface area (Å²) in [6.07, 6.45) is 8.43. The Morgan fingerprint density at radius 2 is 2.29 bits per heavy atom. The molecule has 0 saturated heterocycles. The van der Waals surface area contributed by atoms with Crippen LogP contribution in [0.5, 0.6) is 0 Å². The van der Waals surface area contributed by atoms with Crippen LogP contribution in [-0.2, 0) is 4.79 Å². The van der Waals surface area contributed by atoms with Gasteiger partial charge in [-0.15, -0.1) is 6.42 Å². The second-order valence-electron chi connectivity index (χ2n) is 2.82. The molecule has 0 unspecified atom stereocenters. The molecular weight excluding hydrogens is 196 g/mol. The Hall–Kier alpha value is -1.52. The van der Waals surface area contributed by atoms with Gasteiger partial charge in [0.05, 0.1) is 0 Å². The fourth-order valence-corrected chi connectivity index (χ4v) is 1.19. The fraction of sp³-hybridized carbons (Fsp3) is 0.0833. The van der Waals surface area contributed by atoms with Gasteiger partial charge in [0.15, 0.2) is 5.78 Å². The molecule has 0 atom stereocenters. The Kier molecular flexibility index (Phi) is 3.50. The van der Waals surface area contributed by atoms with Gasteiger partial charge >= 0.3 is 0 Å². The van der Waals surface area contributed by atoms with Crippen molar-refractivity contribution in [2.24, 2.45) is 0 Å². The summed E-state index contributed by atoms with van der Waals surface area (Å²) in [5, 5.41) is 0.604. The Bertz CT molecular complexity index is 424. The van der Waals surface area contributed by atoms with Crippen LogP contribution in [0.15, 0.2) is 24.3 Å². The molecule has 2 heteroatoms. The van der Waals surface area contributed by atoms with Gasteiger partial charge in [0.2, 0.25) is 0 Å². The average molecular weight is 205 g/mol. The van der Waals surface area contributed by atoms with E-state index in [0.717, 1.165) is 11.1 Å². The second-order valence-corrected chi connectivity index (χ2v) is 3.26. The first-order valence-electron chi connectivity index (χ1n) is 4.08. The normalized spacial score (nSPS) is 10.1. The molecule has 0 bridgehead atoms. The van der Waals surface area contributed by atoms with Crippen molar-refractivity contribution in [3.05, 3.63) is 40.4 Å². The minimum Gasteiger partial charge on any atom is -0.295 e. The quantitative estimate of drug-likeness (QED) is 0.535.